The van der Waals surface area contributed by atoms with E-state index in [0.717, 1.165) is 19.8 Å². The third-order valence-corrected chi connectivity index (χ3v) is 12.9. The van der Waals surface area contributed by atoms with E-state index in [2.05, 4.69) is 63.6 Å². The lowest BCUT2D eigenvalue weighted by molar-refractivity contribution is 0.0353. The molecule has 0 aliphatic carbocycles. The van der Waals surface area contributed by atoms with Crippen LogP contribution in [0.4, 0.5) is 0 Å². The van der Waals surface area contributed by atoms with Gasteiger partial charge in [0.2, 0.25) is 0 Å². The highest BCUT2D eigenvalue weighted by Crippen LogP contribution is 2.49. The first-order valence-corrected chi connectivity index (χ1v) is 14.7. The monoisotopic (exact) mass is 513 g/mol. The van der Waals surface area contributed by atoms with Gasteiger partial charge in [-0.05, 0) is 71.7 Å². The van der Waals surface area contributed by atoms with Crippen molar-refractivity contribution in [3.05, 3.63) is 55.1 Å². The summed E-state index contributed by atoms with van der Waals surface area (Å²) < 4.78 is 7.59. The molecule has 3 rings (SSSR count). The zero-order valence-corrected chi connectivity index (χ0v) is 22.3. The van der Waals surface area contributed by atoms with Gasteiger partial charge in [-0.15, -0.1) is 11.3 Å². The number of rotatable bonds is 5. The van der Waals surface area contributed by atoms with Gasteiger partial charge in [0.1, 0.15) is 0 Å². The Morgan fingerprint density at radius 1 is 1.28 bits per heavy atom. The Morgan fingerprint density at radius 2 is 1.93 bits per heavy atom. The number of carbonyl (C=O) groups is 1. The Bertz CT molecular complexity index is 935. The number of halogens is 2. The summed E-state index contributed by atoms with van der Waals surface area (Å²) >= 11 is 11.5. The molecular formula is C22H29BrClNO2SSi. The number of carbonyl (C=O) groups excluding carboxylic acids is 1. The number of hydrogen-bond donors (Lipinski definition) is 0. The van der Waals surface area contributed by atoms with Gasteiger partial charge < -0.3 is 9.33 Å². The van der Waals surface area contributed by atoms with Gasteiger partial charge in [-0.1, -0.05) is 44.5 Å². The second-order valence-electron chi connectivity index (χ2n) is 9.67. The Morgan fingerprint density at radius 3 is 2.48 bits per heavy atom. The first-order chi connectivity index (χ1) is 13.3. The van der Waals surface area contributed by atoms with E-state index in [4.69, 9.17) is 16.0 Å². The molecule has 1 aromatic carbocycles. The molecule has 0 radical (unpaired) electrons. The number of nitrogens with zero attached hydrogens (tertiary/aromatic N) is 1. The van der Waals surface area contributed by atoms with E-state index in [1.807, 2.05) is 35.2 Å². The molecule has 1 atom stereocenters. The van der Waals surface area contributed by atoms with Gasteiger partial charge in [-0.2, -0.15) is 0 Å². The van der Waals surface area contributed by atoms with Crippen LogP contribution in [-0.4, -0.2) is 25.7 Å². The standard InChI is InChI=1S/C22H29BrClNO2SSi/c1-21(2,3)29(6,7)27-13-17(14-9-8-10-15(24)11-14)25-20(26)16-12-18(23)28-19(16)22(25,4)5/h8-12,17H,13H2,1-7H3. The van der Waals surface area contributed by atoms with E-state index < -0.39 is 13.9 Å². The van der Waals surface area contributed by atoms with Crippen LogP contribution in [0, 0.1) is 0 Å². The molecule has 29 heavy (non-hydrogen) atoms. The van der Waals surface area contributed by atoms with Crippen molar-refractivity contribution in [2.75, 3.05) is 6.61 Å². The molecule has 0 fully saturated rings. The normalized spacial score (nSPS) is 17.6. The third kappa shape index (κ3) is 4.24. The predicted octanol–water partition coefficient (Wildman–Crippen LogP) is 7.62. The van der Waals surface area contributed by atoms with Crippen molar-refractivity contribution in [3.63, 3.8) is 0 Å². The van der Waals surface area contributed by atoms with Gasteiger partial charge in [-0.25, -0.2) is 0 Å². The highest BCUT2D eigenvalue weighted by Gasteiger charge is 2.49. The molecule has 0 bridgehead atoms. The molecule has 158 valence electrons. The zero-order valence-electron chi connectivity index (χ0n) is 18.1. The van der Waals surface area contributed by atoms with Crippen LogP contribution in [-0.2, 0) is 9.96 Å². The summed E-state index contributed by atoms with van der Waals surface area (Å²) in [5.74, 6) is 0.0516. The van der Waals surface area contributed by atoms with Crippen molar-refractivity contribution in [3.8, 4) is 0 Å². The van der Waals surface area contributed by atoms with E-state index in [1.165, 1.54) is 0 Å². The molecule has 7 heteroatoms. The summed E-state index contributed by atoms with van der Waals surface area (Å²) in [6, 6.07) is 9.53. The van der Waals surface area contributed by atoms with Gasteiger partial charge in [0, 0.05) is 9.90 Å². The minimum absolute atomic E-state index is 0.0516. The van der Waals surface area contributed by atoms with Gasteiger partial charge in [0.05, 0.1) is 27.5 Å². The molecule has 0 spiro atoms. The largest absolute Gasteiger partial charge is 0.414 e. The fourth-order valence-corrected chi connectivity index (χ4v) is 6.43. The zero-order chi connectivity index (χ0) is 21.8. The third-order valence-electron chi connectivity index (χ3n) is 6.26. The summed E-state index contributed by atoms with van der Waals surface area (Å²) in [6.07, 6.45) is 0. The van der Waals surface area contributed by atoms with E-state index in [1.54, 1.807) is 11.3 Å². The van der Waals surface area contributed by atoms with Crippen molar-refractivity contribution in [1.29, 1.82) is 0 Å². The van der Waals surface area contributed by atoms with Crippen molar-refractivity contribution in [1.82, 2.24) is 4.90 Å². The Labute approximate surface area is 192 Å². The average molecular weight is 515 g/mol. The molecule has 0 N–H and O–H groups in total. The number of benzene rings is 1. The molecule has 1 amide bonds. The predicted molar refractivity (Wildman–Crippen MR) is 129 cm³/mol. The first kappa shape index (κ1) is 23.0. The summed E-state index contributed by atoms with van der Waals surface area (Å²) in [5, 5.41) is 0.765. The maximum absolute atomic E-state index is 13.5. The van der Waals surface area contributed by atoms with Crippen molar-refractivity contribution in [2.45, 2.75) is 64.3 Å². The smallest absolute Gasteiger partial charge is 0.256 e. The van der Waals surface area contributed by atoms with Crippen LogP contribution in [0.1, 0.15) is 61.5 Å². The molecule has 1 aliphatic rings. The van der Waals surface area contributed by atoms with E-state index in [0.29, 0.717) is 11.6 Å². The van der Waals surface area contributed by atoms with Gasteiger partial charge >= 0.3 is 0 Å². The topological polar surface area (TPSA) is 29.5 Å². The van der Waals surface area contributed by atoms with E-state index in [9.17, 15) is 4.79 Å². The lowest BCUT2D eigenvalue weighted by atomic mass is 9.98. The number of fused-ring (bicyclic) bond motifs is 1. The van der Waals surface area contributed by atoms with Crippen LogP contribution in [0.3, 0.4) is 0 Å². The van der Waals surface area contributed by atoms with Crippen LogP contribution in [0.25, 0.3) is 0 Å². The van der Waals surface area contributed by atoms with Crippen molar-refractivity contribution < 1.29 is 9.22 Å². The minimum Gasteiger partial charge on any atom is -0.414 e. The van der Waals surface area contributed by atoms with Gasteiger partial charge in [0.25, 0.3) is 5.91 Å². The van der Waals surface area contributed by atoms with Crippen LogP contribution in [0.2, 0.25) is 23.2 Å². The number of hydrogen-bond acceptors (Lipinski definition) is 3. The Kier molecular flexibility index (Phi) is 6.18. The highest BCUT2D eigenvalue weighted by atomic mass is 79.9. The van der Waals surface area contributed by atoms with E-state index in [-0.39, 0.29) is 17.0 Å². The SMILES string of the molecule is CC1(C)c2sc(Br)cc2C(=O)N1C(CO[Si](C)(C)C(C)(C)C)c1cccc(Cl)c1. The number of thiophene rings is 1. The molecule has 3 nitrogen and oxygen atoms in total. The van der Waals surface area contributed by atoms with Crippen molar-refractivity contribution >= 4 is 53.1 Å². The molecular weight excluding hydrogens is 486 g/mol. The lowest BCUT2D eigenvalue weighted by Crippen LogP contribution is -2.47. The fourth-order valence-electron chi connectivity index (χ4n) is 3.54. The van der Waals surface area contributed by atoms with E-state index >= 15 is 0 Å². The quantitative estimate of drug-likeness (QED) is 0.384. The van der Waals surface area contributed by atoms with Crippen LogP contribution >= 0.6 is 38.9 Å². The molecule has 1 aliphatic heterocycles. The molecule has 2 heterocycles. The van der Waals surface area contributed by atoms with Crippen LogP contribution in [0.5, 0.6) is 0 Å². The van der Waals surface area contributed by atoms with Crippen LogP contribution < -0.4 is 0 Å². The molecule has 1 unspecified atom stereocenters. The Balaban J connectivity index is 2.02. The highest BCUT2D eigenvalue weighted by molar-refractivity contribution is 9.11. The van der Waals surface area contributed by atoms with Gasteiger partial charge in [-0.3, -0.25) is 4.79 Å². The summed E-state index contributed by atoms with van der Waals surface area (Å²) in [5.41, 5.74) is 1.37. The maximum Gasteiger partial charge on any atom is 0.256 e. The summed E-state index contributed by atoms with van der Waals surface area (Å²) in [4.78, 5) is 16.6. The summed E-state index contributed by atoms with van der Waals surface area (Å²) in [7, 11) is -1.98. The second kappa shape index (κ2) is 7.79. The lowest BCUT2D eigenvalue weighted by Gasteiger charge is -2.42. The number of amides is 1. The minimum atomic E-state index is -1.98. The van der Waals surface area contributed by atoms with Gasteiger partial charge in [0.15, 0.2) is 8.32 Å². The summed E-state index contributed by atoms with van der Waals surface area (Å²) in [6.45, 7) is 15.9. The molecule has 0 saturated heterocycles. The molecule has 2 aromatic rings. The second-order valence-corrected chi connectivity index (χ2v) is 17.3. The molecule has 1 aromatic heterocycles. The van der Waals surface area contributed by atoms with Crippen molar-refractivity contribution in [2.24, 2.45) is 0 Å². The average Bonchev–Trinajstić information content (AvgIpc) is 3.06. The molecule has 0 saturated carbocycles. The van der Waals surface area contributed by atoms with Crippen LogP contribution in [0.15, 0.2) is 34.1 Å². The maximum atomic E-state index is 13.5. The Hall–Kier alpha value is -0.663. The first-order valence-electron chi connectivity index (χ1n) is 9.78. The fraction of sp³-hybridized carbons (Fsp3) is 0.500.